The van der Waals surface area contributed by atoms with Gasteiger partial charge in [0, 0.05) is 6.07 Å². The van der Waals surface area contributed by atoms with E-state index in [9.17, 15) is 10.2 Å². The van der Waals surface area contributed by atoms with Crippen LogP contribution in [-0.4, -0.2) is 10.2 Å². The van der Waals surface area contributed by atoms with Gasteiger partial charge in [-0.15, -0.1) is 0 Å². The van der Waals surface area contributed by atoms with Crippen LogP contribution in [0.1, 0.15) is 0 Å². The fraction of sp³-hybridized carbons (Fsp3) is 0. The van der Waals surface area contributed by atoms with Gasteiger partial charge in [-0.05, 0) is 47.5 Å². The molecule has 0 spiro atoms. The first-order valence-electron chi connectivity index (χ1n) is 6.57. The van der Waals surface area contributed by atoms with Gasteiger partial charge in [0.25, 0.3) is 0 Å². The zero-order chi connectivity index (χ0) is 14.7. The van der Waals surface area contributed by atoms with Crippen LogP contribution in [0.15, 0.2) is 72.8 Å². The maximum Gasteiger partial charge on any atom is 0.131 e. The quantitative estimate of drug-likeness (QED) is 0.738. The second-order valence-electron chi connectivity index (χ2n) is 4.68. The number of hydrogen-bond acceptors (Lipinski definition) is 3. The summed E-state index contributed by atoms with van der Waals surface area (Å²) in [5.41, 5.74) is 1.71. The molecule has 0 aliphatic carbocycles. The van der Waals surface area contributed by atoms with Crippen molar-refractivity contribution >= 4 is 0 Å². The van der Waals surface area contributed by atoms with Crippen molar-refractivity contribution in [2.45, 2.75) is 0 Å². The maximum atomic E-state index is 9.86. The maximum absolute atomic E-state index is 9.86. The minimum absolute atomic E-state index is 0.131. The molecule has 3 nitrogen and oxygen atoms in total. The first-order valence-corrected chi connectivity index (χ1v) is 6.57. The van der Waals surface area contributed by atoms with Gasteiger partial charge in [-0.25, -0.2) is 0 Å². The first kappa shape index (κ1) is 13.1. The highest BCUT2D eigenvalue weighted by molar-refractivity contribution is 5.67. The lowest BCUT2D eigenvalue weighted by atomic mass is 10.0. The van der Waals surface area contributed by atoms with Crippen LogP contribution in [0.4, 0.5) is 0 Å². The van der Waals surface area contributed by atoms with Gasteiger partial charge in [-0.3, -0.25) is 0 Å². The summed E-state index contributed by atoms with van der Waals surface area (Å²) in [6.45, 7) is 0. The molecule has 0 heterocycles. The van der Waals surface area contributed by atoms with E-state index >= 15 is 0 Å². The van der Waals surface area contributed by atoms with Gasteiger partial charge < -0.3 is 14.9 Å². The number of phenols is 2. The lowest BCUT2D eigenvalue weighted by Crippen LogP contribution is -1.85. The molecule has 0 aliphatic rings. The molecule has 21 heavy (non-hydrogen) atoms. The molecule has 0 unspecified atom stereocenters. The van der Waals surface area contributed by atoms with E-state index in [1.54, 1.807) is 36.4 Å². The largest absolute Gasteiger partial charge is 0.508 e. The van der Waals surface area contributed by atoms with Crippen molar-refractivity contribution in [3.8, 4) is 34.1 Å². The summed E-state index contributed by atoms with van der Waals surface area (Å²) in [6, 6.07) is 21.3. The van der Waals surface area contributed by atoms with Crippen LogP contribution in [0.3, 0.4) is 0 Å². The molecule has 3 aromatic rings. The van der Waals surface area contributed by atoms with Crippen molar-refractivity contribution in [2.24, 2.45) is 0 Å². The van der Waals surface area contributed by atoms with Crippen molar-refractivity contribution in [1.82, 2.24) is 0 Å². The van der Waals surface area contributed by atoms with Gasteiger partial charge >= 0.3 is 0 Å². The third-order valence-corrected chi connectivity index (χ3v) is 3.07. The molecule has 0 aliphatic heterocycles. The minimum atomic E-state index is 0.131. The van der Waals surface area contributed by atoms with Gasteiger partial charge in [0.15, 0.2) is 0 Å². The van der Waals surface area contributed by atoms with Crippen LogP contribution in [0.25, 0.3) is 11.1 Å². The van der Waals surface area contributed by atoms with E-state index in [0.717, 1.165) is 11.1 Å². The van der Waals surface area contributed by atoms with Crippen LogP contribution in [0.2, 0.25) is 0 Å². The summed E-state index contributed by atoms with van der Waals surface area (Å²) >= 11 is 0. The summed E-state index contributed by atoms with van der Waals surface area (Å²) in [5.74, 6) is 1.61. The standard InChI is InChI=1S/C18H14O3/c19-15-8-6-13(7-9-15)14-10-16(20)12-18(11-14)21-17-4-2-1-3-5-17/h1-12,19-20H. The van der Waals surface area contributed by atoms with Crippen molar-refractivity contribution in [2.75, 3.05) is 0 Å². The molecule has 0 saturated heterocycles. The molecule has 0 bridgehead atoms. The molecule has 0 atom stereocenters. The van der Waals surface area contributed by atoms with Crippen LogP contribution in [0, 0.1) is 0 Å². The second kappa shape index (κ2) is 5.59. The molecular weight excluding hydrogens is 264 g/mol. The van der Waals surface area contributed by atoms with E-state index in [0.29, 0.717) is 11.5 Å². The monoisotopic (exact) mass is 278 g/mol. The van der Waals surface area contributed by atoms with Gasteiger partial charge in [0.05, 0.1) is 0 Å². The number of hydrogen-bond donors (Lipinski definition) is 2. The van der Waals surface area contributed by atoms with Gasteiger partial charge in [-0.2, -0.15) is 0 Å². The van der Waals surface area contributed by atoms with E-state index in [1.807, 2.05) is 36.4 Å². The Balaban J connectivity index is 1.94. The molecule has 0 saturated carbocycles. The summed E-state index contributed by atoms with van der Waals surface area (Å²) < 4.78 is 5.74. The Labute approximate surface area is 122 Å². The van der Waals surface area contributed by atoms with E-state index in [2.05, 4.69) is 0 Å². The van der Waals surface area contributed by atoms with Crippen molar-refractivity contribution in [3.63, 3.8) is 0 Å². The second-order valence-corrected chi connectivity index (χ2v) is 4.68. The fourth-order valence-corrected chi connectivity index (χ4v) is 2.09. The molecule has 3 aromatic carbocycles. The minimum Gasteiger partial charge on any atom is -0.508 e. The van der Waals surface area contributed by atoms with Gasteiger partial charge in [0.1, 0.15) is 23.0 Å². The summed E-state index contributed by atoms with van der Waals surface area (Å²) in [6.07, 6.45) is 0. The van der Waals surface area contributed by atoms with Crippen molar-refractivity contribution in [3.05, 3.63) is 72.8 Å². The highest BCUT2D eigenvalue weighted by atomic mass is 16.5. The van der Waals surface area contributed by atoms with Crippen molar-refractivity contribution < 1.29 is 14.9 Å². The number of phenolic OH excluding ortho intramolecular Hbond substituents is 2. The summed E-state index contributed by atoms with van der Waals surface area (Å²) in [4.78, 5) is 0. The van der Waals surface area contributed by atoms with Crippen LogP contribution >= 0.6 is 0 Å². The molecule has 0 radical (unpaired) electrons. The fourth-order valence-electron chi connectivity index (χ4n) is 2.09. The average molecular weight is 278 g/mol. The van der Waals surface area contributed by atoms with E-state index < -0.39 is 0 Å². The average Bonchev–Trinajstić information content (AvgIpc) is 2.48. The molecule has 2 N–H and O–H groups in total. The topological polar surface area (TPSA) is 49.7 Å². The lowest BCUT2D eigenvalue weighted by molar-refractivity contribution is 0.455. The van der Waals surface area contributed by atoms with Gasteiger partial charge in [0.2, 0.25) is 0 Å². The van der Waals surface area contributed by atoms with Crippen molar-refractivity contribution in [1.29, 1.82) is 0 Å². The van der Waals surface area contributed by atoms with Crippen LogP contribution in [0.5, 0.6) is 23.0 Å². The van der Waals surface area contributed by atoms with E-state index in [1.165, 1.54) is 0 Å². The first-order chi connectivity index (χ1) is 10.2. The zero-order valence-electron chi connectivity index (χ0n) is 11.2. The zero-order valence-corrected chi connectivity index (χ0v) is 11.2. The Kier molecular flexibility index (Phi) is 3.48. The highest BCUT2D eigenvalue weighted by Crippen LogP contribution is 2.32. The molecule has 104 valence electrons. The molecule has 0 amide bonds. The Morgan fingerprint density at radius 3 is 2.00 bits per heavy atom. The predicted octanol–water partition coefficient (Wildman–Crippen LogP) is 4.56. The number of rotatable bonds is 3. The predicted molar refractivity (Wildman–Crippen MR) is 81.7 cm³/mol. The summed E-state index contributed by atoms with van der Waals surface area (Å²) in [5, 5.41) is 19.2. The third-order valence-electron chi connectivity index (χ3n) is 3.07. The Hall–Kier alpha value is -2.94. The lowest BCUT2D eigenvalue weighted by Gasteiger charge is -2.09. The molecule has 0 fully saturated rings. The smallest absolute Gasteiger partial charge is 0.131 e. The van der Waals surface area contributed by atoms with E-state index in [-0.39, 0.29) is 11.5 Å². The summed E-state index contributed by atoms with van der Waals surface area (Å²) in [7, 11) is 0. The molecule has 3 rings (SSSR count). The van der Waals surface area contributed by atoms with Gasteiger partial charge in [-0.1, -0.05) is 30.3 Å². The van der Waals surface area contributed by atoms with Crippen LogP contribution < -0.4 is 4.74 Å². The Morgan fingerprint density at radius 2 is 1.29 bits per heavy atom. The Bertz CT molecular complexity index is 734. The number of aromatic hydroxyl groups is 2. The number of para-hydroxylation sites is 1. The number of benzene rings is 3. The molecule has 3 heteroatoms. The number of ether oxygens (including phenoxy) is 1. The van der Waals surface area contributed by atoms with Crippen LogP contribution in [-0.2, 0) is 0 Å². The normalized spacial score (nSPS) is 10.3. The Morgan fingerprint density at radius 1 is 0.571 bits per heavy atom. The van der Waals surface area contributed by atoms with E-state index in [4.69, 9.17) is 4.74 Å². The molecule has 0 aromatic heterocycles. The third kappa shape index (κ3) is 3.15. The SMILES string of the molecule is Oc1ccc(-c2cc(O)cc(Oc3ccccc3)c2)cc1. The highest BCUT2D eigenvalue weighted by Gasteiger charge is 2.05. The molecular formula is C18H14O3.